The molecule has 0 spiro atoms. The topological polar surface area (TPSA) is 12.4 Å². The van der Waals surface area contributed by atoms with Gasteiger partial charge in [-0.3, -0.25) is 4.99 Å². The van der Waals surface area contributed by atoms with E-state index in [-0.39, 0.29) is 0 Å². The van der Waals surface area contributed by atoms with Crippen molar-refractivity contribution in [3.63, 3.8) is 0 Å². The van der Waals surface area contributed by atoms with Gasteiger partial charge in [0, 0.05) is 6.21 Å². The standard InChI is InChI=1S/C8H11N/c1-7(2)8-5-3-4-6-9-8/h3-4,6,8H,1,5H2,2H3. The summed E-state index contributed by atoms with van der Waals surface area (Å²) in [7, 11) is 0. The Kier molecular flexibility index (Phi) is 1.83. The van der Waals surface area contributed by atoms with Crippen LogP contribution < -0.4 is 0 Å². The molecule has 1 heteroatoms. The van der Waals surface area contributed by atoms with Crippen molar-refractivity contribution in [2.24, 2.45) is 4.99 Å². The molecule has 1 nitrogen and oxygen atoms in total. The summed E-state index contributed by atoms with van der Waals surface area (Å²) in [6.07, 6.45) is 6.94. The number of aliphatic imine (C=N–C) groups is 1. The zero-order chi connectivity index (χ0) is 6.69. The number of hydrogen-bond acceptors (Lipinski definition) is 1. The van der Waals surface area contributed by atoms with Crippen molar-refractivity contribution in [1.29, 1.82) is 0 Å². The second-order valence-electron chi connectivity index (χ2n) is 2.32. The van der Waals surface area contributed by atoms with Crippen LogP contribution in [-0.4, -0.2) is 12.3 Å². The summed E-state index contributed by atoms with van der Waals surface area (Å²) in [5.41, 5.74) is 1.15. The summed E-state index contributed by atoms with van der Waals surface area (Å²) in [6, 6.07) is 0.343. The van der Waals surface area contributed by atoms with Crippen LogP contribution in [0.2, 0.25) is 0 Å². The van der Waals surface area contributed by atoms with Gasteiger partial charge in [0.25, 0.3) is 0 Å². The van der Waals surface area contributed by atoms with Crippen molar-refractivity contribution in [3.8, 4) is 0 Å². The highest BCUT2D eigenvalue weighted by Gasteiger charge is 2.04. The Morgan fingerprint density at radius 2 is 2.56 bits per heavy atom. The fraction of sp³-hybridized carbons (Fsp3) is 0.375. The molecule has 0 bridgehead atoms. The zero-order valence-corrected chi connectivity index (χ0v) is 5.67. The molecular formula is C8H11N. The predicted octanol–water partition coefficient (Wildman–Crippen LogP) is 1.96. The van der Waals surface area contributed by atoms with Crippen LogP contribution in [-0.2, 0) is 0 Å². The Labute approximate surface area is 55.8 Å². The minimum atomic E-state index is 0.343. The molecule has 0 aliphatic carbocycles. The van der Waals surface area contributed by atoms with Crippen LogP contribution in [0.25, 0.3) is 0 Å². The summed E-state index contributed by atoms with van der Waals surface area (Å²) in [4.78, 5) is 4.22. The SMILES string of the molecule is C=C(C)C1CC=CC=N1. The van der Waals surface area contributed by atoms with E-state index < -0.39 is 0 Å². The van der Waals surface area contributed by atoms with Crippen molar-refractivity contribution >= 4 is 6.21 Å². The highest BCUT2D eigenvalue weighted by atomic mass is 14.8. The highest BCUT2D eigenvalue weighted by molar-refractivity contribution is 5.72. The van der Waals surface area contributed by atoms with Crippen molar-refractivity contribution < 1.29 is 0 Å². The molecule has 1 aliphatic heterocycles. The van der Waals surface area contributed by atoms with Gasteiger partial charge in [-0.15, -0.1) is 0 Å². The van der Waals surface area contributed by atoms with Gasteiger partial charge >= 0.3 is 0 Å². The molecule has 0 radical (unpaired) electrons. The maximum Gasteiger partial charge on any atom is 0.0738 e. The van der Waals surface area contributed by atoms with Crippen LogP contribution >= 0.6 is 0 Å². The van der Waals surface area contributed by atoms with Gasteiger partial charge in [-0.2, -0.15) is 0 Å². The van der Waals surface area contributed by atoms with Crippen LogP contribution in [0.1, 0.15) is 13.3 Å². The molecule has 0 aromatic rings. The molecule has 0 saturated heterocycles. The highest BCUT2D eigenvalue weighted by Crippen LogP contribution is 2.10. The van der Waals surface area contributed by atoms with Crippen molar-refractivity contribution in [3.05, 3.63) is 24.3 Å². The van der Waals surface area contributed by atoms with Gasteiger partial charge in [0.1, 0.15) is 0 Å². The number of nitrogens with zero attached hydrogens (tertiary/aromatic N) is 1. The molecule has 1 rings (SSSR count). The third kappa shape index (κ3) is 1.53. The monoisotopic (exact) mass is 121 g/mol. The van der Waals surface area contributed by atoms with E-state index in [9.17, 15) is 0 Å². The van der Waals surface area contributed by atoms with Crippen LogP contribution in [0.15, 0.2) is 29.3 Å². The first-order valence-electron chi connectivity index (χ1n) is 3.14. The summed E-state index contributed by atoms with van der Waals surface area (Å²) in [5.74, 6) is 0. The number of allylic oxidation sites excluding steroid dienone is 1. The van der Waals surface area contributed by atoms with E-state index in [0.717, 1.165) is 12.0 Å². The lowest BCUT2D eigenvalue weighted by molar-refractivity contribution is 0.786. The predicted molar refractivity (Wildman–Crippen MR) is 40.9 cm³/mol. The van der Waals surface area contributed by atoms with E-state index in [1.54, 1.807) is 0 Å². The second-order valence-corrected chi connectivity index (χ2v) is 2.32. The fourth-order valence-electron chi connectivity index (χ4n) is 0.811. The van der Waals surface area contributed by atoms with E-state index >= 15 is 0 Å². The molecule has 1 heterocycles. The third-order valence-electron chi connectivity index (χ3n) is 1.42. The lowest BCUT2D eigenvalue weighted by Crippen LogP contribution is -2.06. The van der Waals surface area contributed by atoms with E-state index in [4.69, 9.17) is 0 Å². The Bertz CT molecular complexity index is 165. The van der Waals surface area contributed by atoms with Crippen molar-refractivity contribution in [1.82, 2.24) is 0 Å². The summed E-state index contributed by atoms with van der Waals surface area (Å²) >= 11 is 0. The third-order valence-corrected chi connectivity index (χ3v) is 1.42. The minimum absolute atomic E-state index is 0.343. The molecule has 0 fully saturated rings. The number of hydrogen-bond donors (Lipinski definition) is 0. The largest absolute Gasteiger partial charge is 0.285 e. The van der Waals surface area contributed by atoms with Gasteiger partial charge < -0.3 is 0 Å². The summed E-state index contributed by atoms with van der Waals surface area (Å²) in [5, 5.41) is 0. The normalized spacial score (nSPS) is 24.3. The first kappa shape index (κ1) is 6.27. The molecule has 48 valence electrons. The Hall–Kier alpha value is -0.850. The van der Waals surface area contributed by atoms with Crippen LogP contribution in [0.5, 0.6) is 0 Å². The molecule has 1 aliphatic rings. The molecule has 0 N–H and O–H groups in total. The maximum absolute atomic E-state index is 4.22. The average molecular weight is 121 g/mol. The summed E-state index contributed by atoms with van der Waals surface area (Å²) < 4.78 is 0. The molecule has 0 saturated carbocycles. The van der Waals surface area contributed by atoms with Gasteiger partial charge in [-0.25, -0.2) is 0 Å². The molecule has 9 heavy (non-hydrogen) atoms. The Morgan fingerprint density at radius 3 is 2.89 bits per heavy atom. The lowest BCUT2D eigenvalue weighted by Gasteiger charge is -2.10. The second kappa shape index (κ2) is 2.62. The van der Waals surface area contributed by atoms with Crippen LogP contribution in [0, 0.1) is 0 Å². The van der Waals surface area contributed by atoms with Gasteiger partial charge in [0.2, 0.25) is 0 Å². The maximum atomic E-state index is 4.22. The quantitative estimate of drug-likeness (QED) is 0.470. The summed E-state index contributed by atoms with van der Waals surface area (Å²) in [6.45, 7) is 5.85. The Morgan fingerprint density at radius 1 is 1.78 bits per heavy atom. The molecular weight excluding hydrogens is 110 g/mol. The van der Waals surface area contributed by atoms with Crippen LogP contribution in [0.3, 0.4) is 0 Å². The lowest BCUT2D eigenvalue weighted by atomic mass is 10.1. The van der Waals surface area contributed by atoms with Gasteiger partial charge in [0.15, 0.2) is 0 Å². The van der Waals surface area contributed by atoms with Gasteiger partial charge in [-0.1, -0.05) is 18.2 Å². The molecule has 0 amide bonds. The van der Waals surface area contributed by atoms with E-state index in [0.29, 0.717) is 6.04 Å². The van der Waals surface area contributed by atoms with Gasteiger partial charge in [0.05, 0.1) is 6.04 Å². The average Bonchev–Trinajstić information content (AvgIpc) is 1.90. The number of rotatable bonds is 1. The van der Waals surface area contributed by atoms with E-state index in [1.165, 1.54) is 0 Å². The van der Waals surface area contributed by atoms with Gasteiger partial charge in [-0.05, 0) is 19.4 Å². The molecule has 1 unspecified atom stereocenters. The number of dihydropyridines is 1. The van der Waals surface area contributed by atoms with E-state index in [2.05, 4.69) is 17.6 Å². The minimum Gasteiger partial charge on any atom is -0.285 e. The van der Waals surface area contributed by atoms with Crippen LogP contribution in [0.4, 0.5) is 0 Å². The first-order chi connectivity index (χ1) is 4.30. The molecule has 1 atom stereocenters. The Balaban J connectivity index is 2.56. The fourth-order valence-corrected chi connectivity index (χ4v) is 0.811. The first-order valence-corrected chi connectivity index (χ1v) is 3.14. The molecule has 0 aromatic heterocycles. The smallest absolute Gasteiger partial charge is 0.0738 e. The van der Waals surface area contributed by atoms with Crippen molar-refractivity contribution in [2.75, 3.05) is 0 Å². The molecule has 0 aromatic carbocycles. The van der Waals surface area contributed by atoms with E-state index in [1.807, 2.05) is 19.2 Å². The zero-order valence-electron chi connectivity index (χ0n) is 5.67. The van der Waals surface area contributed by atoms with Crippen molar-refractivity contribution in [2.45, 2.75) is 19.4 Å².